The van der Waals surface area contributed by atoms with E-state index in [9.17, 15) is 9.59 Å². The maximum Gasteiger partial charge on any atom is 0.330 e. The van der Waals surface area contributed by atoms with Gasteiger partial charge in [0.05, 0.1) is 6.61 Å². The minimum absolute atomic E-state index is 0. The Kier molecular flexibility index (Phi) is 7.41. The number of carbonyl (C=O) groups is 2. The Hall–Kier alpha value is -2.21. The summed E-state index contributed by atoms with van der Waals surface area (Å²) in [5, 5.41) is 0. The van der Waals surface area contributed by atoms with E-state index in [2.05, 4.69) is 0 Å². The average Bonchev–Trinajstić information content (AvgIpc) is 2.95. The Balaban J connectivity index is 0.00000264. The first-order chi connectivity index (χ1) is 10.6. The van der Waals surface area contributed by atoms with Gasteiger partial charge in [0, 0.05) is 18.6 Å². The van der Waals surface area contributed by atoms with Crippen molar-refractivity contribution in [2.24, 2.45) is 0 Å². The quantitative estimate of drug-likeness (QED) is 0.383. The molecular weight excluding hydrogens is 360 g/mol. The Morgan fingerprint density at radius 1 is 1.30 bits per heavy atom. The molecule has 1 heterocycles. The van der Waals surface area contributed by atoms with Gasteiger partial charge in [0.2, 0.25) is 0 Å². The van der Waals surface area contributed by atoms with Crippen LogP contribution in [0.25, 0.3) is 6.08 Å². The Bertz CT molecular complexity index is 707. The van der Waals surface area contributed by atoms with Crippen molar-refractivity contribution in [2.75, 3.05) is 6.61 Å². The summed E-state index contributed by atoms with van der Waals surface area (Å²) in [6.07, 6.45) is 8.48. The fourth-order valence-electron chi connectivity index (χ4n) is 2.06. The molecule has 0 amide bonds. The van der Waals surface area contributed by atoms with Gasteiger partial charge in [-0.25, -0.2) is 14.2 Å². The van der Waals surface area contributed by atoms with Crippen LogP contribution < -0.4 is 21.5 Å². The third kappa shape index (κ3) is 5.49. The second kappa shape index (κ2) is 9.05. The van der Waals surface area contributed by atoms with E-state index < -0.39 is 0 Å². The van der Waals surface area contributed by atoms with E-state index >= 15 is 0 Å². The summed E-state index contributed by atoms with van der Waals surface area (Å²) in [7, 11) is 0. The van der Waals surface area contributed by atoms with Crippen molar-refractivity contribution in [2.45, 2.75) is 20.4 Å². The van der Waals surface area contributed by atoms with Gasteiger partial charge < -0.3 is 21.7 Å². The molecule has 5 nitrogen and oxygen atoms in total. The predicted octanol–water partition coefficient (Wildman–Crippen LogP) is -0.936. The van der Waals surface area contributed by atoms with Gasteiger partial charge >= 0.3 is 11.9 Å². The lowest BCUT2D eigenvalue weighted by atomic mass is 10.1. The summed E-state index contributed by atoms with van der Waals surface area (Å²) in [6, 6.07) is 7.79. The van der Waals surface area contributed by atoms with Crippen molar-refractivity contribution in [1.82, 2.24) is 4.57 Å². The van der Waals surface area contributed by atoms with Gasteiger partial charge in [-0.05, 0) is 18.6 Å². The fourth-order valence-corrected chi connectivity index (χ4v) is 2.06. The normalized spacial score (nSPS) is 10.3. The lowest BCUT2D eigenvalue weighted by Crippen LogP contribution is -3.00. The lowest BCUT2D eigenvalue weighted by molar-refractivity contribution is -0.687. The number of nitrogens with zero attached hydrogens (tertiary/aromatic N) is 2. The molecule has 2 aromatic rings. The van der Waals surface area contributed by atoms with Gasteiger partial charge in [-0.3, -0.25) is 0 Å². The van der Waals surface area contributed by atoms with Crippen molar-refractivity contribution in [3.8, 4) is 0 Å². The van der Waals surface area contributed by atoms with Crippen molar-refractivity contribution < 1.29 is 35.9 Å². The maximum atomic E-state index is 11.4. The van der Waals surface area contributed by atoms with Gasteiger partial charge in [0.25, 0.3) is 6.33 Å². The lowest BCUT2D eigenvalue weighted by Gasteiger charge is -2.03. The summed E-state index contributed by atoms with van der Waals surface area (Å²) < 4.78 is 8.32. The third-order valence-corrected chi connectivity index (χ3v) is 3.15. The maximum absolute atomic E-state index is 11.4. The van der Waals surface area contributed by atoms with E-state index in [1.807, 2.05) is 35.0 Å². The monoisotopic (exact) mass is 378 g/mol. The van der Waals surface area contributed by atoms with E-state index in [0.29, 0.717) is 13.2 Å². The summed E-state index contributed by atoms with van der Waals surface area (Å²) >= 11 is 0. The van der Waals surface area contributed by atoms with Crippen LogP contribution in [0.1, 0.15) is 29.8 Å². The molecule has 0 bridgehead atoms. The molecule has 0 saturated heterocycles. The SMILES string of the molecule is CCOC(=O)C=Cc1ccccc1C[n+]1ccn(C(C)=O)c1.[Br-]. The molecule has 0 spiro atoms. The third-order valence-electron chi connectivity index (χ3n) is 3.15. The zero-order chi connectivity index (χ0) is 15.9. The number of rotatable bonds is 5. The molecule has 6 heteroatoms. The highest BCUT2D eigenvalue weighted by molar-refractivity contribution is 5.87. The minimum Gasteiger partial charge on any atom is -1.00 e. The number of esters is 1. The van der Waals surface area contributed by atoms with Crippen LogP contribution in [0, 0.1) is 0 Å². The minimum atomic E-state index is -0.354. The Morgan fingerprint density at radius 3 is 2.70 bits per heavy atom. The number of carbonyl (C=O) groups excluding carboxylic acids is 2. The van der Waals surface area contributed by atoms with Crippen molar-refractivity contribution in [3.05, 3.63) is 60.2 Å². The van der Waals surface area contributed by atoms with E-state index in [-0.39, 0.29) is 28.9 Å². The molecule has 0 saturated carbocycles. The van der Waals surface area contributed by atoms with Crippen LogP contribution in [-0.4, -0.2) is 23.1 Å². The zero-order valence-electron chi connectivity index (χ0n) is 13.1. The molecule has 0 aliphatic heterocycles. The number of aromatic nitrogens is 2. The highest BCUT2D eigenvalue weighted by Gasteiger charge is 2.09. The Labute approximate surface area is 146 Å². The van der Waals surface area contributed by atoms with Crippen LogP contribution in [0.5, 0.6) is 0 Å². The smallest absolute Gasteiger partial charge is 0.330 e. The molecule has 1 aromatic heterocycles. The zero-order valence-corrected chi connectivity index (χ0v) is 14.7. The highest BCUT2D eigenvalue weighted by atomic mass is 79.9. The number of halogens is 1. The topological polar surface area (TPSA) is 52.2 Å². The first-order valence-corrected chi connectivity index (χ1v) is 7.11. The highest BCUT2D eigenvalue weighted by Crippen LogP contribution is 2.10. The largest absolute Gasteiger partial charge is 1.00 e. The van der Waals surface area contributed by atoms with Gasteiger partial charge in [-0.1, -0.05) is 24.3 Å². The van der Waals surface area contributed by atoms with Crippen LogP contribution in [0.4, 0.5) is 0 Å². The van der Waals surface area contributed by atoms with Crippen LogP contribution in [-0.2, 0) is 16.1 Å². The average molecular weight is 379 g/mol. The van der Waals surface area contributed by atoms with E-state index in [0.717, 1.165) is 11.1 Å². The molecule has 0 N–H and O–H groups in total. The van der Waals surface area contributed by atoms with E-state index in [1.54, 1.807) is 25.5 Å². The number of hydrogen-bond acceptors (Lipinski definition) is 3. The van der Waals surface area contributed by atoms with Crippen LogP contribution >= 0.6 is 0 Å². The number of imidazole rings is 1. The predicted molar refractivity (Wildman–Crippen MR) is 82.1 cm³/mol. The van der Waals surface area contributed by atoms with Gasteiger partial charge in [0.1, 0.15) is 18.9 Å². The summed E-state index contributed by atoms with van der Waals surface area (Å²) in [4.78, 5) is 22.7. The number of benzene rings is 1. The molecule has 0 radical (unpaired) electrons. The molecule has 122 valence electrons. The van der Waals surface area contributed by atoms with Crippen molar-refractivity contribution in [3.63, 3.8) is 0 Å². The summed E-state index contributed by atoms with van der Waals surface area (Å²) in [6.45, 7) is 4.26. The van der Waals surface area contributed by atoms with Crippen LogP contribution in [0.2, 0.25) is 0 Å². The van der Waals surface area contributed by atoms with Gasteiger partial charge in [0.15, 0.2) is 0 Å². The van der Waals surface area contributed by atoms with Crippen LogP contribution in [0.15, 0.2) is 49.1 Å². The summed E-state index contributed by atoms with van der Waals surface area (Å²) in [5.74, 6) is -0.387. The standard InChI is InChI=1S/C17H19N2O3.BrH/c1-3-22-17(21)9-8-15-6-4-5-7-16(15)12-18-10-11-19(13-18)14(2)20;/h4-11,13H,3,12H2,1-2H3;1H/q+1;/p-1. The molecular formula is C17H19BrN2O3. The van der Waals surface area contributed by atoms with Crippen molar-refractivity contribution >= 4 is 18.0 Å². The molecule has 0 aliphatic carbocycles. The fraction of sp³-hybridized carbons (Fsp3) is 0.235. The molecule has 0 fully saturated rings. The second-order valence-corrected chi connectivity index (χ2v) is 4.80. The van der Waals surface area contributed by atoms with E-state index in [4.69, 9.17) is 4.74 Å². The Morgan fingerprint density at radius 2 is 2.04 bits per heavy atom. The molecule has 23 heavy (non-hydrogen) atoms. The first kappa shape index (κ1) is 18.8. The molecule has 0 aliphatic rings. The van der Waals surface area contributed by atoms with Gasteiger partial charge in [-0.15, -0.1) is 0 Å². The number of ether oxygens (including phenoxy) is 1. The van der Waals surface area contributed by atoms with Gasteiger partial charge in [-0.2, -0.15) is 4.57 Å². The second-order valence-electron chi connectivity index (χ2n) is 4.80. The number of hydrogen-bond donors (Lipinski definition) is 0. The van der Waals surface area contributed by atoms with Crippen molar-refractivity contribution in [1.29, 1.82) is 0 Å². The van der Waals surface area contributed by atoms with Crippen LogP contribution in [0.3, 0.4) is 0 Å². The summed E-state index contributed by atoms with van der Waals surface area (Å²) in [5.41, 5.74) is 1.99. The molecule has 0 unspecified atom stereocenters. The molecule has 0 atom stereocenters. The molecule has 1 aromatic carbocycles. The molecule has 2 rings (SSSR count). The first-order valence-electron chi connectivity index (χ1n) is 7.11. The van der Waals surface area contributed by atoms with E-state index in [1.165, 1.54) is 17.6 Å².